The predicted octanol–water partition coefficient (Wildman–Crippen LogP) is 5.74. The lowest BCUT2D eigenvalue weighted by atomic mass is 10.1. The molecule has 1 aliphatic heterocycles. The van der Waals surface area contributed by atoms with E-state index in [4.69, 9.17) is 0 Å². The third-order valence-electron chi connectivity index (χ3n) is 6.17. The first-order chi connectivity index (χ1) is 16.6. The molecular formula is C29H25N3O2. The highest BCUT2D eigenvalue weighted by Gasteiger charge is 2.29. The van der Waals surface area contributed by atoms with Gasteiger partial charge in [-0.25, -0.2) is 5.43 Å². The largest absolute Gasteiger partial charge is 0.303 e. The molecule has 34 heavy (non-hydrogen) atoms. The van der Waals surface area contributed by atoms with Crippen molar-refractivity contribution in [2.45, 2.75) is 26.3 Å². The summed E-state index contributed by atoms with van der Waals surface area (Å²) in [4.78, 5) is 27.3. The Morgan fingerprint density at radius 2 is 1.59 bits per heavy atom. The molecule has 0 fully saturated rings. The summed E-state index contributed by atoms with van der Waals surface area (Å²) >= 11 is 0. The van der Waals surface area contributed by atoms with E-state index in [1.165, 1.54) is 5.56 Å². The zero-order chi connectivity index (χ0) is 23.5. The Labute approximate surface area is 198 Å². The minimum atomic E-state index is -0.250. The van der Waals surface area contributed by atoms with Crippen molar-refractivity contribution < 1.29 is 9.59 Å². The van der Waals surface area contributed by atoms with Crippen molar-refractivity contribution in [3.8, 4) is 0 Å². The zero-order valence-electron chi connectivity index (χ0n) is 19.0. The Kier molecular flexibility index (Phi) is 5.91. The Bertz CT molecular complexity index is 1390. The van der Waals surface area contributed by atoms with Crippen LogP contribution in [0.5, 0.6) is 0 Å². The maximum atomic E-state index is 13.0. The van der Waals surface area contributed by atoms with Gasteiger partial charge in [-0.2, -0.15) is 5.10 Å². The van der Waals surface area contributed by atoms with Crippen molar-refractivity contribution in [3.05, 3.63) is 113 Å². The second kappa shape index (κ2) is 9.32. The van der Waals surface area contributed by atoms with Gasteiger partial charge in [0.15, 0.2) is 0 Å². The molecule has 1 heterocycles. The molecule has 5 rings (SSSR count). The molecule has 0 radical (unpaired) electrons. The summed E-state index contributed by atoms with van der Waals surface area (Å²) in [5.74, 6) is -0.242. The van der Waals surface area contributed by atoms with Gasteiger partial charge in [0.05, 0.1) is 12.2 Å². The number of aryl methyl sites for hydroxylation is 1. The number of rotatable bonds is 7. The average molecular weight is 448 g/mol. The normalized spacial score (nSPS) is 12.9. The first kappa shape index (κ1) is 21.6. The van der Waals surface area contributed by atoms with Crippen molar-refractivity contribution >= 4 is 34.0 Å². The van der Waals surface area contributed by atoms with Crippen LogP contribution in [-0.2, 0) is 13.0 Å². The first-order valence-corrected chi connectivity index (χ1v) is 11.4. The van der Waals surface area contributed by atoms with Gasteiger partial charge in [0.1, 0.15) is 0 Å². The van der Waals surface area contributed by atoms with E-state index in [-0.39, 0.29) is 11.8 Å². The highest BCUT2D eigenvalue weighted by molar-refractivity contribution is 6.24. The molecule has 4 aromatic rings. The molecule has 0 aliphatic carbocycles. The fourth-order valence-corrected chi connectivity index (χ4v) is 4.32. The summed E-state index contributed by atoms with van der Waals surface area (Å²) in [7, 11) is 0. The van der Waals surface area contributed by atoms with Gasteiger partial charge in [-0.1, -0.05) is 66.7 Å². The number of nitrogens with zero attached hydrogens (tertiary/aromatic N) is 2. The SMILES string of the molecule is C/C(CCc1ccccc1)=N\NC(=O)c1ccc(CN2C(=O)c3cccc4cccc2c34)cc1. The lowest BCUT2D eigenvalue weighted by Crippen LogP contribution is -2.26. The van der Waals surface area contributed by atoms with Crippen molar-refractivity contribution in [2.24, 2.45) is 5.10 Å². The van der Waals surface area contributed by atoms with Crippen LogP contribution < -0.4 is 10.3 Å². The van der Waals surface area contributed by atoms with Crippen LogP contribution in [0.3, 0.4) is 0 Å². The number of carbonyl (C=O) groups is 2. The minimum Gasteiger partial charge on any atom is -0.303 e. The van der Waals surface area contributed by atoms with E-state index >= 15 is 0 Å². The summed E-state index contributed by atoms with van der Waals surface area (Å²) in [5, 5.41) is 6.31. The molecule has 5 heteroatoms. The van der Waals surface area contributed by atoms with Crippen LogP contribution in [0.25, 0.3) is 10.8 Å². The van der Waals surface area contributed by atoms with Crippen molar-refractivity contribution in [1.82, 2.24) is 5.43 Å². The van der Waals surface area contributed by atoms with Gasteiger partial charge in [0.25, 0.3) is 11.8 Å². The Morgan fingerprint density at radius 1 is 0.853 bits per heavy atom. The second-order valence-electron chi connectivity index (χ2n) is 8.54. The Morgan fingerprint density at radius 3 is 2.35 bits per heavy atom. The molecule has 0 unspecified atom stereocenters. The van der Waals surface area contributed by atoms with Crippen LogP contribution in [-0.4, -0.2) is 17.5 Å². The predicted molar refractivity (Wildman–Crippen MR) is 136 cm³/mol. The van der Waals surface area contributed by atoms with Gasteiger partial charge in [-0.15, -0.1) is 0 Å². The zero-order valence-corrected chi connectivity index (χ0v) is 19.0. The van der Waals surface area contributed by atoms with E-state index in [9.17, 15) is 9.59 Å². The second-order valence-corrected chi connectivity index (χ2v) is 8.54. The van der Waals surface area contributed by atoms with Crippen molar-refractivity contribution in [2.75, 3.05) is 4.90 Å². The number of benzene rings is 4. The molecule has 1 aliphatic rings. The molecule has 0 saturated carbocycles. The molecule has 0 spiro atoms. The van der Waals surface area contributed by atoms with Crippen LogP contribution in [0.1, 0.15) is 45.2 Å². The Hall–Kier alpha value is -4.25. The number of amides is 2. The van der Waals surface area contributed by atoms with Crippen LogP contribution in [0.2, 0.25) is 0 Å². The maximum absolute atomic E-state index is 13.0. The highest BCUT2D eigenvalue weighted by atomic mass is 16.2. The van der Waals surface area contributed by atoms with Gasteiger partial charge in [0.2, 0.25) is 0 Å². The van der Waals surface area contributed by atoms with Gasteiger partial charge < -0.3 is 4.90 Å². The van der Waals surface area contributed by atoms with Crippen LogP contribution >= 0.6 is 0 Å². The van der Waals surface area contributed by atoms with E-state index in [0.29, 0.717) is 12.1 Å². The highest BCUT2D eigenvalue weighted by Crippen LogP contribution is 2.37. The quantitative estimate of drug-likeness (QED) is 0.290. The average Bonchev–Trinajstić information content (AvgIpc) is 3.15. The number of hydrazone groups is 1. The molecular weight excluding hydrogens is 422 g/mol. The number of nitrogens with one attached hydrogen (secondary N) is 1. The first-order valence-electron chi connectivity index (χ1n) is 11.4. The molecule has 0 saturated heterocycles. The fourth-order valence-electron chi connectivity index (χ4n) is 4.32. The molecule has 1 N–H and O–H groups in total. The van der Waals surface area contributed by atoms with E-state index in [0.717, 1.165) is 46.1 Å². The van der Waals surface area contributed by atoms with Gasteiger partial charge in [0, 0.05) is 22.2 Å². The van der Waals surface area contributed by atoms with Crippen molar-refractivity contribution in [1.29, 1.82) is 0 Å². The lowest BCUT2D eigenvalue weighted by Gasteiger charge is -2.18. The fraction of sp³-hybridized carbons (Fsp3) is 0.138. The smallest absolute Gasteiger partial charge is 0.271 e. The summed E-state index contributed by atoms with van der Waals surface area (Å²) < 4.78 is 0. The van der Waals surface area contributed by atoms with E-state index in [1.54, 1.807) is 17.0 Å². The molecule has 168 valence electrons. The van der Waals surface area contributed by atoms with Crippen LogP contribution in [0, 0.1) is 0 Å². The van der Waals surface area contributed by atoms with Crippen LogP contribution in [0.15, 0.2) is 96.1 Å². The number of hydrogen-bond donors (Lipinski definition) is 1. The van der Waals surface area contributed by atoms with E-state index in [1.807, 2.05) is 73.7 Å². The standard InChI is InChI=1S/C29H25N3O2/c1-20(13-14-21-7-3-2-4-8-21)30-31-28(33)24-17-15-22(16-18-24)19-32-26-12-6-10-23-9-5-11-25(27(23)26)29(32)34/h2-12,15-18H,13-14,19H2,1H3,(H,31,33)/b30-20+. The molecule has 0 atom stereocenters. The van der Waals surface area contributed by atoms with Crippen molar-refractivity contribution in [3.63, 3.8) is 0 Å². The van der Waals surface area contributed by atoms with Gasteiger partial charge in [-0.3, -0.25) is 9.59 Å². The molecule has 0 bridgehead atoms. The monoisotopic (exact) mass is 447 g/mol. The summed E-state index contributed by atoms with van der Waals surface area (Å²) in [6, 6.07) is 29.3. The van der Waals surface area contributed by atoms with Gasteiger partial charge >= 0.3 is 0 Å². The third-order valence-corrected chi connectivity index (χ3v) is 6.17. The molecule has 0 aromatic heterocycles. The number of hydrogen-bond acceptors (Lipinski definition) is 3. The molecule has 5 nitrogen and oxygen atoms in total. The minimum absolute atomic E-state index is 0.00827. The summed E-state index contributed by atoms with van der Waals surface area (Å²) in [6.07, 6.45) is 1.66. The lowest BCUT2D eigenvalue weighted by molar-refractivity contribution is 0.0952. The summed E-state index contributed by atoms with van der Waals surface area (Å²) in [5.41, 5.74) is 7.92. The topological polar surface area (TPSA) is 61.8 Å². The maximum Gasteiger partial charge on any atom is 0.271 e. The third kappa shape index (κ3) is 4.33. The van der Waals surface area contributed by atoms with Gasteiger partial charge in [-0.05, 0) is 60.5 Å². The molecule has 2 amide bonds. The number of anilines is 1. The van der Waals surface area contributed by atoms with E-state index < -0.39 is 0 Å². The molecule has 4 aromatic carbocycles. The Balaban J connectivity index is 1.22. The van der Waals surface area contributed by atoms with Crippen LogP contribution in [0.4, 0.5) is 5.69 Å². The number of carbonyl (C=O) groups excluding carboxylic acids is 2. The van der Waals surface area contributed by atoms with E-state index in [2.05, 4.69) is 22.7 Å². The summed E-state index contributed by atoms with van der Waals surface area (Å²) in [6.45, 7) is 2.36.